The number of ketones is 1. The highest BCUT2D eigenvalue weighted by Gasteiger charge is 2.29. The molecular weight excluding hydrogens is 349 g/mol. The third kappa shape index (κ3) is 4.41. The summed E-state index contributed by atoms with van der Waals surface area (Å²) in [5, 5.41) is 8.93. The Kier molecular flexibility index (Phi) is 6.02. The average Bonchev–Trinajstić information content (AvgIpc) is 2.53. The Morgan fingerprint density at radius 1 is 1.08 bits per heavy atom. The van der Waals surface area contributed by atoms with Gasteiger partial charge in [-0.25, -0.2) is 13.2 Å². The number of methoxy groups -OCH3 is 1. The summed E-state index contributed by atoms with van der Waals surface area (Å²) < 4.78 is 46.3. The number of rotatable bonds is 7. The Hall–Kier alpha value is -2.83. The Balaban J connectivity index is 2.53. The first-order valence-electron chi connectivity index (χ1n) is 7.79. The molecule has 1 N–H and O–H groups in total. The van der Waals surface area contributed by atoms with Gasteiger partial charge in [0.15, 0.2) is 5.78 Å². The summed E-state index contributed by atoms with van der Waals surface area (Å²) in [6.07, 6.45) is -0.547. The monoisotopic (exact) mass is 366 g/mol. The van der Waals surface area contributed by atoms with Crippen LogP contribution in [0.15, 0.2) is 30.3 Å². The standard InChI is InChI=1S/C19H17F3O4/c1-10-5-11(7-13(6-10)26-2)14(3-4-17(23)24)19(25)18-15(21)8-12(20)9-16(18)22/h5-9,14H,3-4H2,1-2H3,(H,23,24). The van der Waals surface area contributed by atoms with Crippen LogP contribution in [0.2, 0.25) is 0 Å². The summed E-state index contributed by atoms with van der Waals surface area (Å²) in [4.78, 5) is 23.7. The maximum absolute atomic E-state index is 14.0. The SMILES string of the molecule is COc1cc(C)cc(C(CCC(=O)O)C(=O)c2c(F)cc(F)cc2F)c1. The van der Waals surface area contributed by atoms with Crippen molar-refractivity contribution in [2.45, 2.75) is 25.7 Å². The number of carbonyl (C=O) groups excluding carboxylic acids is 1. The minimum absolute atomic E-state index is 0.170. The van der Waals surface area contributed by atoms with Crippen molar-refractivity contribution in [3.8, 4) is 5.75 Å². The van der Waals surface area contributed by atoms with Gasteiger partial charge in [-0.1, -0.05) is 6.07 Å². The molecule has 0 fully saturated rings. The van der Waals surface area contributed by atoms with Crippen molar-refractivity contribution in [3.05, 3.63) is 64.5 Å². The van der Waals surface area contributed by atoms with Gasteiger partial charge in [0.1, 0.15) is 23.2 Å². The van der Waals surface area contributed by atoms with Gasteiger partial charge in [-0.3, -0.25) is 9.59 Å². The van der Waals surface area contributed by atoms with Gasteiger partial charge in [-0.2, -0.15) is 0 Å². The van der Waals surface area contributed by atoms with Crippen molar-refractivity contribution in [3.63, 3.8) is 0 Å². The van der Waals surface area contributed by atoms with E-state index in [9.17, 15) is 22.8 Å². The molecule has 0 aliphatic rings. The first-order valence-corrected chi connectivity index (χ1v) is 7.79. The lowest BCUT2D eigenvalue weighted by atomic mass is 9.86. The van der Waals surface area contributed by atoms with Crippen LogP contribution in [0.5, 0.6) is 5.75 Å². The average molecular weight is 366 g/mol. The van der Waals surface area contributed by atoms with E-state index in [1.807, 2.05) is 0 Å². The molecule has 138 valence electrons. The molecule has 0 heterocycles. The van der Waals surface area contributed by atoms with E-state index in [4.69, 9.17) is 9.84 Å². The molecule has 4 nitrogen and oxygen atoms in total. The molecule has 7 heteroatoms. The van der Waals surface area contributed by atoms with E-state index in [-0.39, 0.29) is 12.8 Å². The molecule has 0 saturated heterocycles. The van der Waals surface area contributed by atoms with Gasteiger partial charge in [0, 0.05) is 24.5 Å². The zero-order chi connectivity index (χ0) is 19.4. The fraction of sp³-hybridized carbons (Fsp3) is 0.263. The molecule has 1 atom stereocenters. The number of carbonyl (C=O) groups is 2. The second-order valence-electron chi connectivity index (χ2n) is 5.88. The van der Waals surface area contributed by atoms with Gasteiger partial charge in [0.25, 0.3) is 0 Å². The highest BCUT2D eigenvalue weighted by molar-refractivity contribution is 6.01. The summed E-state index contributed by atoms with van der Waals surface area (Å²) >= 11 is 0. The number of ether oxygens (including phenoxy) is 1. The minimum Gasteiger partial charge on any atom is -0.497 e. The molecule has 2 rings (SSSR count). The van der Waals surface area contributed by atoms with Crippen molar-refractivity contribution >= 4 is 11.8 Å². The van der Waals surface area contributed by atoms with Crippen molar-refractivity contribution in [2.24, 2.45) is 0 Å². The third-order valence-corrected chi connectivity index (χ3v) is 3.93. The number of carboxylic acid groups (broad SMARTS) is 1. The number of aliphatic carboxylic acids is 1. The lowest BCUT2D eigenvalue weighted by molar-refractivity contribution is -0.137. The first kappa shape index (κ1) is 19.5. The van der Waals surface area contributed by atoms with Gasteiger partial charge >= 0.3 is 5.97 Å². The molecule has 2 aromatic carbocycles. The summed E-state index contributed by atoms with van der Waals surface area (Å²) in [6, 6.07) is 5.66. The van der Waals surface area contributed by atoms with E-state index >= 15 is 0 Å². The van der Waals surface area contributed by atoms with E-state index in [2.05, 4.69) is 0 Å². The van der Waals surface area contributed by atoms with E-state index in [1.165, 1.54) is 13.2 Å². The van der Waals surface area contributed by atoms with Gasteiger partial charge in [-0.05, 0) is 36.6 Å². The van der Waals surface area contributed by atoms with Crippen molar-refractivity contribution in [1.29, 1.82) is 0 Å². The molecule has 26 heavy (non-hydrogen) atoms. The predicted molar refractivity (Wildman–Crippen MR) is 88.0 cm³/mol. The Morgan fingerprint density at radius 3 is 2.23 bits per heavy atom. The fourth-order valence-corrected chi connectivity index (χ4v) is 2.76. The van der Waals surface area contributed by atoms with Crippen LogP contribution in [0, 0.1) is 24.4 Å². The molecule has 1 unspecified atom stereocenters. The maximum atomic E-state index is 14.0. The lowest BCUT2D eigenvalue weighted by Gasteiger charge is -2.18. The van der Waals surface area contributed by atoms with Crippen LogP contribution in [0.4, 0.5) is 13.2 Å². The second kappa shape index (κ2) is 8.03. The molecular formula is C19H17F3O4. The van der Waals surface area contributed by atoms with Crippen LogP contribution in [0.1, 0.15) is 40.2 Å². The third-order valence-electron chi connectivity index (χ3n) is 3.93. The number of halogens is 3. The smallest absolute Gasteiger partial charge is 0.303 e. The van der Waals surface area contributed by atoms with Crippen LogP contribution < -0.4 is 4.74 Å². The number of hydrogen-bond donors (Lipinski definition) is 1. The first-order chi connectivity index (χ1) is 12.2. The number of carboxylic acids is 1. The fourth-order valence-electron chi connectivity index (χ4n) is 2.76. The van der Waals surface area contributed by atoms with E-state index < -0.39 is 40.7 Å². The highest BCUT2D eigenvalue weighted by atomic mass is 19.1. The molecule has 0 amide bonds. The number of hydrogen-bond acceptors (Lipinski definition) is 3. The second-order valence-corrected chi connectivity index (χ2v) is 5.88. The zero-order valence-electron chi connectivity index (χ0n) is 14.2. The predicted octanol–water partition coefficient (Wildman–Crippen LogP) is 4.25. The molecule has 0 aliphatic heterocycles. The van der Waals surface area contributed by atoms with Crippen molar-refractivity contribution < 1.29 is 32.6 Å². The maximum Gasteiger partial charge on any atom is 0.303 e. The van der Waals surface area contributed by atoms with Gasteiger partial charge < -0.3 is 9.84 Å². The molecule has 2 aromatic rings. The molecule has 0 bridgehead atoms. The Morgan fingerprint density at radius 2 is 1.69 bits per heavy atom. The van der Waals surface area contributed by atoms with Crippen LogP contribution >= 0.6 is 0 Å². The molecule has 0 aliphatic carbocycles. The number of Topliss-reactive ketones (excluding diaryl/α,β-unsaturated/α-hetero) is 1. The molecule has 0 aromatic heterocycles. The lowest BCUT2D eigenvalue weighted by Crippen LogP contribution is -2.18. The van der Waals surface area contributed by atoms with Crippen LogP contribution in [0.25, 0.3) is 0 Å². The molecule has 0 radical (unpaired) electrons. The normalized spacial score (nSPS) is 11.9. The molecule has 0 saturated carbocycles. The molecule has 0 spiro atoms. The van der Waals surface area contributed by atoms with Crippen LogP contribution in [-0.4, -0.2) is 24.0 Å². The van der Waals surface area contributed by atoms with Crippen LogP contribution in [-0.2, 0) is 4.79 Å². The summed E-state index contributed by atoms with van der Waals surface area (Å²) in [7, 11) is 1.42. The zero-order valence-corrected chi connectivity index (χ0v) is 14.2. The van der Waals surface area contributed by atoms with Gasteiger partial charge in [0.2, 0.25) is 0 Å². The quantitative estimate of drug-likeness (QED) is 0.744. The topological polar surface area (TPSA) is 63.6 Å². The summed E-state index contributed by atoms with van der Waals surface area (Å²) in [6.45, 7) is 1.74. The number of aryl methyl sites for hydroxylation is 1. The van der Waals surface area contributed by atoms with E-state index in [0.29, 0.717) is 23.4 Å². The van der Waals surface area contributed by atoms with E-state index in [0.717, 1.165) is 5.56 Å². The largest absolute Gasteiger partial charge is 0.497 e. The van der Waals surface area contributed by atoms with Crippen molar-refractivity contribution in [1.82, 2.24) is 0 Å². The Bertz CT molecular complexity index is 826. The van der Waals surface area contributed by atoms with Crippen LogP contribution in [0.3, 0.4) is 0 Å². The Labute approximate surface area is 148 Å². The van der Waals surface area contributed by atoms with Crippen molar-refractivity contribution in [2.75, 3.05) is 7.11 Å². The summed E-state index contributed by atoms with van der Waals surface area (Å²) in [5.41, 5.74) is 0.214. The van der Waals surface area contributed by atoms with Gasteiger partial charge in [0.05, 0.1) is 12.7 Å². The number of benzene rings is 2. The van der Waals surface area contributed by atoms with Gasteiger partial charge in [-0.15, -0.1) is 0 Å². The highest BCUT2D eigenvalue weighted by Crippen LogP contribution is 2.31. The summed E-state index contributed by atoms with van der Waals surface area (Å²) in [5.74, 6) is -6.59. The minimum atomic E-state index is -1.33. The van der Waals surface area contributed by atoms with E-state index in [1.54, 1.807) is 19.1 Å².